The van der Waals surface area contributed by atoms with Gasteiger partial charge in [-0.05, 0) is 51.0 Å². The van der Waals surface area contributed by atoms with E-state index in [0.29, 0.717) is 0 Å². The van der Waals surface area contributed by atoms with E-state index in [-0.39, 0.29) is 17.7 Å². The molecule has 4 nitrogen and oxygen atoms in total. The fourth-order valence-electron chi connectivity index (χ4n) is 4.09. The molecule has 0 aliphatic heterocycles. The molecule has 0 saturated heterocycles. The normalized spacial score (nSPS) is 27.4. The predicted octanol–water partition coefficient (Wildman–Crippen LogP) is 3.71. The Morgan fingerprint density at radius 2 is 1.62 bits per heavy atom. The highest BCUT2D eigenvalue weighted by molar-refractivity contribution is 5.97. The summed E-state index contributed by atoms with van der Waals surface area (Å²) in [6.07, 6.45) is 3.95. The minimum absolute atomic E-state index is 0.104. The number of carbonyl (C=O) groups is 2. The Hall–Kier alpha value is -2.36. The Kier molecular flexibility index (Phi) is 4.08. The van der Waals surface area contributed by atoms with Crippen LogP contribution in [0.2, 0.25) is 0 Å². The average Bonchev–Trinajstić information content (AvgIpc) is 3.06. The third-order valence-corrected chi connectivity index (χ3v) is 5.34. The molecule has 0 unspecified atom stereocenters. The highest BCUT2D eigenvalue weighted by Gasteiger charge is 2.54. The quantitative estimate of drug-likeness (QED) is 0.833. The van der Waals surface area contributed by atoms with Gasteiger partial charge in [-0.1, -0.05) is 29.4 Å². The maximum atomic E-state index is 12.9. The van der Waals surface area contributed by atoms with Gasteiger partial charge < -0.3 is 10.4 Å². The smallest absolute Gasteiger partial charge is 0.308 e. The summed E-state index contributed by atoms with van der Waals surface area (Å²) >= 11 is 0. The number of hydrogen-bond donors (Lipinski definition) is 2. The average molecular weight is 325 g/mol. The first-order chi connectivity index (χ1) is 11.3. The van der Waals surface area contributed by atoms with Crippen molar-refractivity contribution in [1.82, 2.24) is 0 Å². The van der Waals surface area contributed by atoms with Gasteiger partial charge in [0.2, 0.25) is 5.91 Å². The highest BCUT2D eigenvalue weighted by Crippen LogP contribution is 2.53. The van der Waals surface area contributed by atoms with Gasteiger partial charge in [0.25, 0.3) is 0 Å². The van der Waals surface area contributed by atoms with E-state index in [4.69, 9.17) is 0 Å². The van der Waals surface area contributed by atoms with E-state index >= 15 is 0 Å². The molecule has 1 aromatic rings. The summed E-state index contributed by atoms with van der Waals surface area (Å²) in [5.74, 6) is -2.60. The lowest BCUT2D eigenvalue weighted by molar-refractivity contribution is -0.146. The SMILES string of the molecule is CC(C)=C1[C@H]2C=C[C@H]1[C@@H](C(=O)Nc1ccc(C)c(C)c1)[C@H]2C(=O)O. The van der Waals surface area contributed by atoms with Crippen LogP contribution in [0.25, 0.3) is 0 Å². The number of aliphatic carboxylic acids is 1. The highest BCUT2D eigenvalue weighted by atomic mass is 16.4. The minimum Gasteiger partial charge on any atom is -0.481 e. The molecule has 2 bridgehead atoms. The van der Waals surface area contributed by atoms with Crippen molar-refractivity contribution in [3.63, 3.8) is 0 Å². The number of benzene rings is 1. The van der Waals surface area contributed by atoms with Crippen molar-refractivity contribution in [3.8, 4) is 0 Å². The summed E-state index contributed by atoms with van der Waals surface area (Å²) in [6.45, 7) is 7.99. The van der Waals surface area contributed by atoms with Crippen molar-refractivity contribution in [3.05, 3.63) is 52.6 Å². The molecule has 0 aromatic heterocycles. The van der Waals surface area contributed by atoms with Gasteiger partial charge in [-0.15, -0.1) is 0 Å². The summed E-state index contributed by atoms with van der Waals surface area (Å²) in [6, 6.07) is 5.75. The molecule has 24 heavy (non-hydrogen) atoms. The Morgan fingerprint density at radius 3 is 2.17 bits per heavy atom. The number of nitrogens with one attached hydrogen (secondary N) is 1. The number of carboxylic acid groups (broad SMARTS) is 1. The van der Waals surface area contributed by atoms with Crippen LogP contribution < -0.4 is 5.32 Å². The van der Waals surface area contributed by atoms with Crippen LogP contribution in [0.5, 0.6) is 0 Å². The zero-order valence-electron chi connectivity index (χ0n) is 14.5. The maximum absolute atomic E-state index is 12.9. The van der Waals surface area contributed by atoms with E-state index in [1.54, 1.807) is 0 Å². The van der Waals surface area contributed by atoms with Gasteiger partial charge in [-0.3, -0.25) is 9.59 Å². The van der Waals surface area contributed by atoms with Crippen molar-refractivity contribution in [2.45, 2.75) is 27.7 Å². The summed E-state index contributed by atoms with van der Waals surface area (Å²) in [7, 11) is 0. The topological polar surface area (TPSA) is 66.4 Å². The van der Waals surface area contributed by atoms with Crippen LogP contribution in [0.15, 0.2) is 41.5 Å². The number of carbonyl (C=O) groups excluding carboxylic acids is 1. The van der Waals surface area contributed by atoms with Crippen LogP contribution in [0.3, 0.4) is 0 Å². The Bertz CT molecular complexity index is 771. The second-order valence-electron chi connectivity index (χ2n) is 7.07. The van der Waals surface area contributed by atoms with Crippen LogP contribution in [-0.4, -0.2) is 17.0 Å². The van der Waals surface area contributed by atoms with Crippen molar-refractivity contribution in [1.29, 1.82) is 0 Å². The van der Waals surface area contributed by atoms with E-state index in [1.807, 2.05) is 58.0 Å². The molecule has 1 amide bonds. The lowest BCUT2D eigenvalue weighted by atomic mass is 9.82. The lowest BCUT2D eigenvalue weighted by Crippen LogP contribution is -2.36. The molecule has 4 atom stereocenters. The standard InChI is InChI=1S/C20H23NO3/c1-10(2)16-14-7-8-15(16)18(20(23)24)17(14)19(22)21-13-6-5-11(3)12(4)9-13/h5-9,14-15,17-18H,1-4H3,(H,21,22)(H,23,24)/t14-,15-,17-,18+/m1/s1. The van der Waals surface area contributed by atoms with Crippen LogP contribution in [0.4, 0.5) is 5.69 Å². The minimum atomic E-state index is -0.897. The van der Waals surface area contributed by atoms with Gasteiger partial charge in [0.1, 0.15) is 0 Å². The molecule has 1 saturated carbocycles. The summed E-state index contributed by atoms with van der Waals surface area (Å²) in [5.41, 5.74) is 5.19. The van der Waals surface area contributed by atoms with Crippen LogP contribution in [0.1, 0.15) is 25.0 Å². The maximum Gasteiger partial charge on any atom is 0.308 e. The van der Waals surface area contributed by atoms with Gasteiger partial charge in [0, 0.05) is 17.5 Å². The molecule has 2 aliphatic rings. The molecule has 1 aromatic carbocycles. The fourth-order valence-corrected chi connectivity index (χ4v) is 4.09. The van der Waals surface area contributed by atoms with E-state index in [1.165, 1.54) is 0 Å². The number of anilines is 1. The van der Waals surface area contributed by atoms with Crippen molar-refractivity contribution in [2.24, 2.45) is 23.7 Å². The van der Waals surface area contributed by atoms with Gasteiger partial charge in [0.15, 0.2) is 0 Å². The molecule has 0 spiro atoms. The first-order valence-electron chi connectivity index (χ1n) is 8.27. The molecule has 126 valence electrons. The van der Waals surface area contributed by atoms with Gasteiger partial charge in [-0.25, -0.2) is 0 Å². The van der Waals surface area contributed by atoms with Gasteiger partial charge in [-0.2, -0.15) is 0 Å². The number of rotatable bonds is 3. The monoisotopic (exact) mass is 325 g/mol. The first-order valence-corrected chi connectivity index (χ1v) is 8.27. The van der Waals surface area contributed by atoms with Crippen LogP contribution in [-0.2, 0) is 9.59 Å². The second kappa shape index (κ2) is 5.93. The van der Waals surface area contributed by atoms with Crippen LogP contribution >= 0.6 is 0 Å². The fraction of sp³-hybridized carbons (Fsp3) is 0.400. The number of carboxylic acids is 1. The van der Waals surface area contributed by atoms with E-state index in [9.17, 15) is 14.7 Å². The molecular weight excluding hydrogens is 302 g/mol. The Balaban J connectivity index is 1.91. The summed E-state index contributed by atoms with van der Waals surface area (Å²) in [4.78, 5) is 24.6. The predicted molar refractivity (Wildman–Crippen MR) is 93.7 cm³/mol. The molecule has 3 rings (SSSR count). The number of allylic oxidation sites excluding steroid dienone is 4. The largest absolute Gasteiger partial charge is 0.481 e. The molecule has 0 heterocycles. The number of amides is 1. The van der Waals surface area contributed by atoms with E-state index in [2.05, 4.69) is 5.32 Å². The molecule has 0 radical (unpaired) electrons. The van der Waals surface area contributed by atoms with Crippen molar-refractivity contribution >= 4 is 17.6 Å². The molecule has 4 heteroatoms. The van der Waals surface area contributed by atoms with Gasteiger partial charge in [0.05, 0.1) is 11.8 Å². The van der Waals surface area contributed by atoms with E-state index < -0.39 is 17.8 Å². The molecule has 2 aliphatic carbocycles. The summed E-state index contributed by atoms with van der Waals surface area (Å²) in [5, 5.41) is 12.6. The van der Waals surface area contributed by atoms with Gasteiger partial charge >= 0.3 is 5.97 Å². The third-order valence-electron chi connectivity index (χ3n) is 5.34. The van der Waals surface area contributed by atoms with E-state index in [0.717, 1.165) is 28.0 Å². The Morgan fingerprint density at radius 1 is 1.00 bits per heavy atom. The zero-order valence-corrected chi connectivity index (χ0v) is 14.5. The number of aryl methyl sites for hydroxylation is 2. The Labute approximate surface area is 142 Å². The van der Waals surface area contributed by atoms with Crippen LogP contribution in [0, 0.1) is 37.5 Å². The van der Waals surface area contributed by atoms with Crippen molar-refractivity contribution < 1.29 is 14.7 Å². The molecule has 2 N–H and O–H groups in total. The van der Waals surface area contributed by atoms with Crippen molar-refractivity contribution in [2.75, 3.05) is 5.32 Å². The first kappa shape index (κ1) is 16.5. The zero-order chi connectivity index (χ0) is 17.6. The second-order valence-corrected chi connectivity index (χ2v) is 7.07. The third kappa shape index (κ3) is 2.56. The molecular formula is C20H23NO3. The number of hydrogen-bond acceptors (Lipinski definition) is 2. The summed E-state index contributed by atoms with van der Waals surface area (Å²) < 4.78 is 0. The molecule has 1 fully saturated rings. The number of fused-ring (bicyclic) bond motifs is 2. The lowest BCUT2D eigenvalue weighted by Gasteiger charge is -2.23.